The lowest BCUT2D eigenvalue weighted by Gasteiger charge is -2.28. The van der Waals surface area contributed by atoms with Crippen molar-refractivity contribution in [1.82, 2.24) is 15.3 Å². The second-order valence-electron chi connectivity index (χ2n) is 5.50. The molecule has 1 unspecified atom stereocenters. The van der Waals surface area contributed by atoms with Gasteiger partial charge in [-0.25, -0.2) is 9.97 Å². The smallest absolute Gasteiger partial charge is 0.134 e. The first kappa shape index (κ1) is 12.7. The molecule has 0 amide bonds. The maximum Gasteiger partial charge on any atom is 0.134 e. The predicted molar refractivity (Wildman–Crippen MR) is 77.8 cm³/mol. The largest absolute Gasteiger partial charge is 0.356 e. The van der Waals surface area contributed by atoms with Gasteiger partial charge in [0, 0.05) is 38.3 Å². The van der Waals surface area contributed by atoms with E-state index in [1.807, 2.05) is 7.05 Å². The van der Waals surface area contributed by atoms with Crippen LogP contribution in [-0.2, 0) is 0 Å². The molecule has 2 fully saturated rings. The number of hydrogen-bond acceptors (Lipinski definition) is 5. The first-order valence-corrected chi connectivity index (χ1v) is 7.36. The molecule has 5 heteroatoms. The quantitative estimate of drug-likeness (QED) is 0.887. The Morgan fingerprint density at radius 2 is 1.79 bits per heavy atom. The molecule has 0 aliphatic carbocycles. The fourth-order valence-electron chi connectivity index (χ4n) is 3.01. The van der Waals surface area contributed by atoms with E-state index < -0.39 is 0 Å². The van der Waals surface area contributed by atoms with Crippen molar-refractivity contribution in [3.05, 3.63) is 12.4 Å². The molecular formula is C14H23N5. The molecule has 2 aliphatic rings. The molecule has 2 saturated heterocycles. The SMILES string of the molecule is CNC1CCN(c2cc(N3CCCCC3)ncn2)C1. The first-order chi connectivity index (χ1) is 9.36. The lowest BCUT2D eigenvalue weighted by atomic mass is 10.1. The molecular weight excluding hydrogens is 238 g/mol. The summed E-state index contributed by atoms with van der Waals surface area (Å²) in [7, 11) is 2.04. The summed E-state index contributed by atoms with van der Waals surface area (Å²) in [5.41, 5.74) is 0. The molecule has 3 heterocycles. The van der Waals surface area contributed by atoms with Crippen LogP contribution in [0.3, 0.4) is 0 Å². The van der Waals surface area contributed by atoms with E-state index >= 15 is 0 Å². The zero-order chi connectivity index (χ0) is 13.1. The van der Waals surface area contributed by atoms with Gasteiger partial charge in [0.1, 0.15) is 18.0 Å². The fraction of sp³-hybridized carbons (Fsp3) is 0.714. The highest BCUT2D eigenvalue weighted by atomic mass is 15.3. The molecule has 0 aromatic carbocycles. The van der Waals surface area contributed by atoms with Crippen LogP contribution in [0.25, 0.3) is 0 Å². The van der Waals surface area contributed by atoms with Crippen LogP contribution in [0, 0.1) is 0 Å². The van der Waals surface area contributed by atoms with Gasteiger partial charge in [-0.2, -0.15) is 0 Å². The summed E-state index contributed by atoms with van der Waals surface area (Å²) in [4.78, 5) is 13.6. The van der Waals surface area contributed by atoms with Gasteiger partial charge in [0.2, 0.25) is 0 Å². The monoisotopic (exact) mass is 261 g/mol. The Balaban J connectivity index is 1.72. The predicted octanol–water partition coefficient (Wildman–Crippen LogP) is 1.26. The highest BCUT2D eigenvalue weighted by Gasteiger charge is 2.23. The van der Waals surface area contributed by atoms with Crippen molar-refractivity contribution in [2.24, 2.45) is 0 Å². The van der Waals surface area contributed by atoms with Crippen molar-refractivity contribution < 1.29 is 0 Å². The summed E-state index contributed by atoms with van der Waals surface area (Å²) >= 11 is 0. The van der Waals surface area contributed by atoms with Crippen LogP contribution in [0.15, 0.2) is 12.4 Å². The first-order valence-electron chi connectivity index (χ1n) is 7.36. The van der Waals surface area contributed by atoms with Crippen molar-refractivity contribution >= 4 is 11.6 Å². The summed E-state index contributed by atoms with van der Waals surface area (Å²) < 4.78 is 0. The Morgan fingerprint density at radius 3 is 2.47 bits per heavy atom. The number of rotatable bonds is 3. The maximum absolute atomic E-state index is 4.45. The molecule has 1 aromatic rings. The Bertz CT molecular complexity index is 416. The van der Waals surface area contributed by atoms with E-state index in [1.165, 1.54) is 25.7 Å². The average Bonchev–Trinajstić information content (AvgIpc) is 2.97. The molecule has 1 N–H and O–H groups in total. The van der Waals surface area contributed by atoms with Crippen LogP contribution < -0.4 is 15.1 Å². The molecule has 0 bridgehead atoms. The number of hydrogen-bond donors (Lipinski definition) is 1. The Hall–Kier alpha value is -1.36. The van der Waals surface area contributed by atoms with Gasteiger partial charge in [-0.05, 0) is 32.7 Å². The normalized spacial score (nSPS) is 23.9. The van der Waals surface area contributed by atoms with E-state index in [1.54, 1.807) is 6.33 Å². The van der Waals surface area contributed by atoms with Crippen LogP contribution in [0.1, 0.15) is 25.7 Å². The van der Waals surface area contributed by atoms with E-state index in [0.29, 0.717) is 6.04 Å². The second-order valence-corrected chi connectivity index (χ2v) is 5.50. The number of nitrogens with one attached hydrogen (secondary N) is 1. The summed E-state index contributed by atoms with van der Waals surface area (Å²) in [5, 5.41) is 3.35. The van der Waals surface area contributed by atoms with Crippen LogP contribution in [-0.4, -0.2) is 49.2 Å². The minimum Gasteiger partial charge on any atom is -0.356 e. The number of aromatic nitrogens is 2. The molecule has 19 heavy (non-hydrogen) atoms. The van der Waals surface area contributed by atoms with Gasteiger partial charge in [0.05, 0.1) is 0 Å². The van der Waals surface area contributed by atoms with Crippen molar-refractivity contribution in [2.45, 2.75) is 31.7 Å². The molecule has 3 rings (SSSR count). The highest BCUT2D eigenvalue weighted by Crippen LogP contribution is 2.23. The summed E-state index contributed by atoms with van der Waals surface area (Å²) in [6, 6.07) is 2.75. The van der Waals surface area contributed by atoms with E-state index in [0.717, 1.165) is 37.8 Å². The van der Waals surface area contributed by atoms with Gasteiger partial charge in [-0.1, -0.05) is 0 Å². The van der Waals surface area contributed by atoms with Gasteiger partial charge in [0.15, 0.2) is 0 Å². The van der Waals surface area contributed by atoms with Crippen molar-refractivity contribution in [1.29, 1.82) is 0 Å². The van der Waals surface area contributed by atoms with E-state index in [4.69, 9.17) is 0 Å². The van der Waals surface area contributed by atoms with E-state index in [-0.39, 0.29) is 0 Å². The molecule has 5 nitrogen and oxygen atoms in total. The van der Waals surface area contributed by atoms with Gasteiger partial charge < -0.3 is 15.1 Å². The molecule has 2 aliphatic heterocycles. The number of nitrogens with zero attached hydrogens (tertiary/aromatic N) is 4. The van der Waals surface area contributed by atoms with Crippen LogP contribution in [0.5, 0.6) is 0 Å². The fourth-order valence-corrected chi connectivity index (χ4v) is 3.01. The lowest BCUT2D eigenvalue weighted by molar-refractivity contribution is 0.573. The maximum atomic E-state index is 4.45. The number of piperidine rings is 1. The molecule has 1 atom stereocenters. The summed E-state index contributed by atoms with van der Waals surface area (Å²) in [5.74, 6) is 2.17. The van der Waals surface area contributed by atoms with Crippen molar-refractivity contribution in [3.63, 3.8) is 0 Å². The zero-order valence-corrected chi connectivity index (χ0v) is 11.7. The third-order valence-corrected chi connectivity index (χ3v) is 4.24. The number of anilines is 2. The third-order valence-electron chi connectivity index (χ3n) is 4.24. The van der Waals surface area contributed by atoms with Gasteiger partial charge >= 0.3 is 0 Å². The second kappa shape index (κ2) is 5.74. The standard InChI is InChI=1S/C14H23N5/c1-15-12-5-8-19(10-12)14-9-13(16-11-17-14)18-6-3-2-4-7-18/h9,11-12,15H,2-8,10H2,1H3. The molecule has 0 saturated carbocycles. The van der Waals surface area contributed by atoms with Gasteiger partial charge in [-0.15, -0.1) is 0 Å². The Kier molecular flexibility index (Phi) is 3.82. The van der Waals surface area contributed by atoms with Gasteiger partial charge in [0.25, 0.3) is 0 Å². The summed E-state index contributed by atoms with van der Waals surface area (Å²) in [6.07, 6.45) is 6.83. The minimum absolute atomic E-state index is 0.591. The van der Waals surface area contributed by atoms with E-state index in [2.05, 4.69) is 31.2 Å². The van der Waals surface area contributed by atoms with E-state index in [9.17, 15) is 0 Å². The Morgan fingerprint density at radius 1 is 1.05 bits per heavy atom. The van der Waals surface area contributed by atoms with Crippen LogP contribution >= 0.6 is 0 Å². The topological polar surface area (TPSA) is 44.3 Å². The van der Waals surface area contributed by atoms with Crippen molar-refractivity contribution in [3.8, 4) is 0 Å². The van der Waals surface area contributed by atoms with Crippen LogP contribution in [0.4, 0.5) is 11.6 Å². The molecule has 0 spiro atoms. The van der Waals surface area contributed by atoms with Crippen molar-refractivity contribution in [2.75, 3.05) is 43.0 Å². The zero-order valence-electron chi connectivity index (χ0n) is 11.7. The minimum atomic E-state index is 0.591. The average molecular weight is 261 g/mol. The van der Waals surface area contributed by atoms with Gasteiger partial charge in [-0.3, -0.25) is 0 Å². The highest BCUT2D eigenvalue weighted by molar-refractivity contribution is 5.51. The van der Waals surface area contributed by atoms with Crippen LogP contribution in [0.2, 0.25) is 0 Å². The Labute approximate surface area is 115 Å². The summed E-state index contributed by atoms with van der Waals surface area (Å²) in [6.45, 7) is 4.40. The molecule has 0 radical (unpaired) electrons. The number of likely N-dealkylation sites (N-methyl/N-ethyl adjacent to an activating group) is 1. The molecule has 1 aromatic heterocycles. The lowest BCUT2D eigenvalue weighted by Crippen LogP contribution is -2.31. The molecule has 104 valence electrons. The third kappa shape index (κ3) is 2.81.